The zero-order valence-corrected chi connectivity index (χ0v) is 12.3. The number of thiazole rings is 1. The second-order valence-electron chi connectivity index (χ2n) is 4.20. The second-order valence-corrected chi connectivity index (χ2v) is 6.79. The Hall–Kier alpha value is 0.460. The van der Waals surface area contributed by atoms with E-state index in [9.17, 15) is 0 Å². The molecule has 0 N–H and O–H groups in total. The minimum atomic E-state index is 0.163. The molecule has 0 atom stereocenters. The third-order valence-electron chi connectivity index (χ3n) is 1.84. The maximum Gasteiger partial charge on any atom is 0.103 e. The predicted molar refractivity (Wildman–Crippen MR) is 70.7 cm³/mol. The molecule has 0 saturated carbocycles. The molecule has 1 rings (SSSR count). The first-order valence-corrected chi connectivity index (χ1v) is 7.86. The highest BCUT2D eigenvalue weighted by Crippen LogP contribution is 2.32. The Balaban J connectivity index is 3.02. The fraction of sp³-hybridized carbons (Fsp3) is 0.700. The van der Waals surface area contributed by atoms with Crippen molar-refractivity contribution < 1.29 is 0 Å². The first kappa shape index (κ1) is 12.5. The molecular weight excluding hydrogens is 278 g/mol. The summed E-state index contributed by atoms with van der Waals surface area (Å²) in [6.07, 6.45) is 2.12. The summed E-state index contributed by atoms with van der Waals surface area (Å²) in [4.78, 5) is 6.09. The van der Waals surface area contributed by atoms with Crippen LogP contribution in [-0.4, -0.2) is 11.2 Å². The molecule has 0 radical (unpaired) electrons. The SMILES string of the molecule is CSCc1nc(C(C)(C)C)c(CBr)s1. The molecule has 0 fully saturated rings. The molecule has 0 spiro atoms. The molecule has 1 heterocycles. The minimum Gasteiger partial charge on any atom is -0.245 e. The van der Waals surface area contributed by atoms with Crippen LogP contribution in [0.15, 0.2) is 0 Å². The number of hydrogen-bond acceptors (Lipinski definition) is 3. The molecule has 0 unspecified atom stereocenters. The molecule has 1 nitrogen and oxygen atoms in total. The number of thioether (sulfide) groups is 1. The summed E-state index contributed by atoms with van der Waals surface area (Å²) in [5.41, 5.74) is 1.42. The van der Waals surface area contributed by atoms with Gasteiger partial charge in [-0.05, 0) is 6.26 Å². The summed E-state index contributed by atoms with van der Waals surface area (Å²) < 4.78 is 0. The van der Waals surface area contributed by atoms with E-state index in [-0.39, 0.29) is 5.41 Å². The van der Waals surface area contributed by atoms with Crippen LogP contribution in [0.25, 0.3) is 0 Å². The highest BCUT2D eigenvalue weighted by Gasteiger charge is 2.22. The van der Waals surface area contributed by atoms with Crippen molar-refractivity contribution in [2.75, 3.05) is 6.26 Å². The van der Waals surface area contributed by atoms with E-state index in [1.54, 1.807) is 0 Å². The van der Waals surface area contributed by atoms with Crippen molar-refractivity contribution in [3.05, 3.63) is 15.6 Å². The number of aromatic nitrogens is 1. The van der Waals surface area contributed by atoms with Crippen LogP contribution in [0.5, 0.6) is 0 Å². The van der Waals surface area contributed by atoms with Crippen LogP contribution in [0.1, 0.15) is 36.3 Å². The lowest BCUT2D eigenvalue weighted by molar-refractivity contribution is 0.568. The molecule has 0 bridgehead atoms. The standard InChI is InChI=1S/C10H16BrNS2/c1-10(2,3)9-7(5-11)14-8(12-9)6-13-4/h5-6H2,1-4H3. The van der Waals surface area contributed by atoms with Crippen molar-refractivity contribution in [3.8, 4) is 0 Å². The van der Waals surface area contributed by atoms with Gasteiger partial charge >= 0.3 is 0 Å². The Morgan fingerprint density at radius 1 is 1.43 bits per heavy atom. The first-order chi connectivity index (χ1) is 6.49. The highest BCUT2D eigenvalue weighted by atomic mass is 79.9. The van der Waals surface area contributed by atoms with Crippen LogP contribution in [0.4, 0.5) is 0 Å². The average molecular weight is 294 g/mol. The van der Waals surface area contributed by atoms with E-state index in [1.165, 1.54) is 15.6 Å². The highest BCUT2D eigenvalue weighted by molar-refractivity contribution is 9.08. The van der Waals surface area contributed by atoms with Gasteiger partial charge in [0, 0.05) is 21.4 Å². The molecular formula is C10H16BrNS2. The third-order valence-corrected chi connectivity index (χ3v) is 4.57. The van der Waals surface area contributed by atoms with Crippen LogP contribution in [0, 0.1) is 0 Å². The Morgan fingerprint density at radius 2 is 2.07 bits per heavy atom. The van der Waals surface area contributed by atoms with Crippen molar-refractivity contribution in [1.82, 2.24) is 4.98 Å². The summed E-state index contributed by atoms with van der Waals surface area (Å²) in [5.74, 6) is 1.03. The molecule has 0 aliphatic rings. The molecule has 80 valence electrons. The van der Waals surface area contributed by atoms with Crippen LogP contribution in [0.2, 0.25) is 0 Å². The van der Waals surface area contributed by atoms with Gasteiger partial charge in [0.1, 0.15) is 5.01 Å². The van der Waals surface area contributed by atoms with E-state index >= 15 is 0 Å². The fourth-order valence-corrected chi connectivity index (χ4v) is 3.70. The van der Waals surface area contributed by atoms with E-state index in [2.05, 4.69) is 43.0 Å². The number of alkyl halides is 1. The maximum atomic E-state index is 4.71. The van der Waals surface area contributed by atoms with E-state index in [1.807, 2.05) is 23.1 Å². The normalized spacial score (nSPS) is 12.1. The van der Waals surface area contributed by atoms with Gasteiger partial charge in [0.15, 0.2) is 0 Å². The van der Waals surface area contributed by atoms with Gasteiger partial charge in [0.25, 0.3) is 0 Å². The largest absolute Gasteiger partial charge is 0.245 e. The maximum absolute atomic E-state index is 4.71. The predicted octanol–water partition coefficient (Wildman–Crippen LogP) is 4.20. The van der Waals surface area contributed by atoms with Crippen LogP contribution >= 0.6 is 39.0 Å². The summed E-state index contributed by atoms with van der Waals surface area (Å²) in [5, 5.41) is 2.17. The zero-order valence-electron chi connectivity index (χ0n) is 9.06. The molecule has 0 amide bonds. The lowest BCUT2D eigenvalue weighted by Crippen LogP contribution is -2.13. The minimum absolute atomic E-state index is 0.163. The van der Waals surface area contributed by atoms with Crippen molar-refractivity contribution in [2.45, 2.75) is 37.3 Å². The van der Waals surface area contributed by atoms with E-state index in [4.69, 9.17) is 4.98 Å². The van der Waals surface area contributed by atoms with Gasteiger partial charge in [-0.1, -0.05) is 36.7 Å². The summed E-state index contributed by atoms with van der Waals surface area (Å²) in [6.45, 7) is 6.66. The van der Waals surface area contributed by atoms with Gasteiger partial charge in [-0.3, -0.25) is 0 Å². The molecule has 1 aromatic rings. The van der Waals surface area contributed by atoms with E-state index in [0.29, 0.717) is 0 Å². The van der Waals surface area contributed by atoms with Gasteiger partial charge in [-0.15, -0.1) is 11.3 Å². The van der Waals surface area contributed by atoms with Crippen molar-refractivity contribution in [3.63, 3.8) is 0 Å². The Bertz CT molecular complexity index is 302. The summed E-state index contributed by atoms with van der Waals surface area (Å²) >= 11 is 7.19. The third kappa shape index (κ3) is 2.97. The zero-order chi connectivity index (χ0) is 10.8. The van der Waals surface area contributed by atoms with E-state index < -0.39 is 0 Å². The molecule has 1 aromatic heterocycles. The molecule has 14 heavy (non-hydrogen) atoms. The molecule has 0 aromatic carbocycles. The molecule has 4 heteroatoms. The summed E-state index contributed by atoms with van der Waals surface area (Å²) in [7, 11) is 0. The number of rotatable bonds is 3. The van der Waals surface area contributed by atoms with Crippen LogP contribution in [-0.2, 0) is 16.5 Å². The molecule has 0 aliphatic heterocycles. The Kier molecular flexibility index (Phi) is 4.47. The van der Waals surface area contributed by atoms with Gasteiger partial charge in [-0.25, -0.2) is 4.98 Å². The van der Waals surface area contributed by atoms with Crippen molar-refractivity contribution in [2.24, 2.45) is 0 Å². The average Bonchev–Trinajstić information content (AvgIpc) is 2.47. The smallest absolute Gasteiger partial charge is 0.103 e. The Labute approximate surface area is 103 Å². The monoisotopic (exact) mass is 293 g/mol. The number of hydrogen-bond donors (Lipinski definition) is 0. The quantitative estimate of drug-likeness (QED) is 0.775. The lowest BCUT2D eigenvalue weighted by atomic mass is 9.92. The molecule has 0 aliphatic carbocycles. The van der Waals surface area contributed by atoms with E-state index in [0.717, 1.165) is 11.1 Å². The van der Waals surface area contributed by atoms with Crippen molar-refractivity contribution in [1.29, 1.82) is 0 Å². The fourth-order valence-electron chi connectivity index (χ4n) is 1.26. The van der Waals surface area contributed by atoms with Crippen molar-refractivity contribution >= 4 is 39.0 Å². The van der Waals surface area contributed by atoms with Crippen LogP contribution in [0.3, 0.4) is 0 Å². The topological polar surface area (TPSA) is 12.9 Å². The number of nitrogens with zero attached hydrogens (tertiary/aromatic N) is 1. The van der Waals surface area contributed by atoms with Gasteiger partial charge in [-0.2, -0.15) is 11.8 Å². The Morgan fingerprint density at radius 3 is 2.43 bits per heavy atom. The van der Waals surface area contributed by atoms with Gasteiger partial charge < -0.3 is 0 Å². The van der Waals surface area contributed by atoms with Crippen LogP contribution < -0.4 is 0 Å². The summed E-state index contributed by atoms with van der Waals surface area (Å²) in [6, 6.07) is 0. The van der Waals surface area contributed by atoms with Gasteiger partial charge in [0.05, 0.1) is 5.69 Å². The second kappa shape index (κ2) is 4.99. The first-order valence-electron chi connectivity index (χ1n) is 4.53. The molecule has 0 saturated heterocycles. The van der Waals surface area contributed by atoms with Gasteiger partial charge in [0.2, 0.25) is 0 Å². The number of halogens is 1. The lowest BCUT2D eigenvalue weighted by Gasteiger charge is -2.16.